The molecule has 3 rings (SSSR count). The summed E-state index contributed by atoms with van der Waals surface area (Å²) in [4.78, 5) is 0. The van der Waals surface area contributed by atoms with E-state index in [0.29, 0.717) is 0 Å². The summed E-state index contributed by atoms with van der Waals surface area (Å²) in [5, 5.41) is 5.83. The van der Waals surface area contributed by atoms with Crippen molar-refractivity contribution < 1.29 is 0 Å². The predicted molar refractivity (Wildman–Crippen MR) is 85.8 cm³/mol. The second-order valence-corrected chi connectivity index (χ2v) is 7.95. The molecule has 0 aliphatic carbocycles. The summed E-state index contributed by atoms with van der Waals surface area (Å²) in [5.74, 6) is 2.52. The number of rotatable bonds is 2. The molecule has 0 atom stereocenters. The Labute approximate surface area is 117 Å². The molecule has 1 N–H and O–H groups in total. The van der Waals surface area contributed by atoms with Crippen molar-refractivity contribution in [3.63, 3.8) is 0 Å². The van der Waals surface area contributed by atoms with Crippen LogP contribution >= 0.6 is 23.5 Å². The largest absolute Gasteiger partial charge is 0.388 e. The van der Waals surface area contributed by atoms with E-state index in [4.69, 9.17) is 0 Å². The number of anilines is 1. The molecule has 1 aliphatic heterocycles. The smallest absolute Gasteiger partial charge is 0.0832 e. The van der Waals surface area contributed by atoms with Gasteiger partial charge in [0.25, 0.3) is 0 Å². The summed E-state index contributed by atoms with van der Waals surface area (Å²) >= 11 is 4.13. The first-order valence-electron chi connectivity index (χ1n) is 6.21. The quantitative estimate of drug-likeness (QED) is 0.864. The monoisotopic (exact) mass is 275 g/mol. The van der Waals surface area contributed by atoms with Crippen LogP contribution in [-0.4, -0.2) is 18.6 Å². The maximum Gasteiger partial charge on any atom is 0.0832 e. The molecule has 3 heteroatoms. The van der Waals surface area contributed by atoms with Crippen molar-refractivity contribution in [3.8, 4) is 0 Å². The molecule has 1 aliphatic rings. The highest BCUT2D eigenvalue weighted by molar-refractivity contribution is 8.20. The van der Waals surface area contributed by atoms with Crippen LogP contribution in [0.3, 0.4) is 0 Å². The lowest BCUT2D eigenvalue weighted by molar-refractivity contribution is 1.03. The van der Waals surface area contributed by atoms with Gasteiger partial charge in [-0.15, -0.1) is 23.5 Å². The van der Waals surface area contributed by atoms with Crippen LogP contribution in [0.25, 0.3) is 10.8 Å². The zero-order chi connectivity index (χ0) is 12.6. The van der Waals surface area contributed by atoms with Crippen LogP contribution in [0.2, 0.25) is 0 Å². The van der Waals surface area contributed by atoms with Crippen molar-refractivity contribution in [1.82, 2.24) is 0 Å². The number of hydrogen-bond acceptors (Lipinski definition) is 3. The Balaban J connectivity index is 2.06. The van der Waals surface area contributed by atoms with Crippen molar-refractivity contribution in [2.75, 3.05) is 23.9 Å². The van der Waals surface area contributed by atoms with Crippen LogP contribution in [-0.2, 0) is 4.08 Å². The molecule has 18 heavy (non-hydrogen) atoms. The van der Waals surface area contributed by atoms with E-state index in [1.165, 1.54) is 33.5 Å². The minimum atomic E-state index is 0.246. The van der Waals surface area contributed by atoms with Gasteiger partial charge in [-0.25, -0.2) is 0 Å². The van der Waals surface area contributed by atoms with Gasteiger partial charge in [0.15, 0.2) is 0 Å². The van der Waals surface area contributed by atoms with Crippen LogP contribution in [0.1, 0.15) is 12.5 Å². The second-order valence-electron chi connectivity index (χ2n) is 4.67. The van der Waals surface area contributed by atoms with Crippen LogP contribution in [0.4, 0.5) is 5.69 Å². The van der Waals surface area contributed by atoms with Crippen LogP contribution in [0, 0.1) is 0 Å². The molecule has 0 spiro atoms. The second kappa shape index (κ2) is 4.71. The lowest BCUT2D eigenvalue weighted by Gasteiger charge is -2.22. The number of thioether (sulfide) groups is 2. The van der Waals surface area contributed by atoms with Gasteiger partial charge in [0.1, 0.15) is 0 Å². The zero-order valence-electron chi connectivity index (χ0n) is 10.7. The fourth-order valence-corrected chi connectivity index (χ4v) is 5.23. The highest BCUT2D eigenvalue weighted by Gasteiger charge is 2.32. The Morgan fingerprint density at radius 2 is 1.67 bits per heavy atom. The van der Waals surface area contributed by atoms with E-state index in [0.717, 1.165) is 0 Å². The Morgan fingerprint density at radius 3 is 2.39 bits per heavy atom. The van der Waals surface area contributed by atoms with E-state index < -0.39 is 0 Å². The predicted octanol–water partition coefficient (Wildman–Crippen LogP) is 4.53. The molecule has 94 valence electrons. The highest BCUT2D eigenvalue weighted by Crippen LogP contribution is 2.51. The summed E-state index contributed by atoms with van der Waals surface area (Å²) in [6.07, 6.45) is 0. The summed E-state index contributed by atoms with van der Waals surface area (Å²) in [5.41, 5.74) is 2.62. The molecule has 2 aromatic rings. The fraction of sp³-hybridized carbons (Fsp3) is 0.333. The van der Waals surface area contributed by atoms with Crippen molar-refractivity contribution in [2.24, 2.45) is 0 Å². The Bertz CT molecular complexity index is 574. The van der Waals surface area contributed by atoms with E-state index in [9.17, 15) is 0 Å². The number of benzene rings is 2. The van der Waals surface area contributed by atoms with E-state index in [-0.39, 0.29) is 4.08 Å². The molecule has 0 amide bonds. The van der Waals surface area contributed by atoms with Gasteiger partial charge in [0.05, 0.1) is 4.08 Å². The topological polar surface area (TPSA) is 12.0 Å². The van der Waals surface area contributed by atoms with Gasteiger partial charge in [-0.05, 0) is 41.5 Å². The summed E-state index contributed by atoms with van der Waals surface area (Å²) in [6.45, 7) is 2.35. The first kappa shape index (κ1) is 12.2. The SMILES string of the molecule is CNc1ccc2cc(C3(C)SCCS3)ccc2c1. The molecule has 0 saturated carbocycles. The number of nitrogens with one attached hydrogen (secondary N) is 1. The molecule has 1 saturated heterocycles. The van der Waals surface area contributed by atoms with Gasteiger partial charge < -0.3 is 5.32 Å². The Morgan fingerprint density at radius 1 is 1.00 bits per heavy atom. The van der Waals surface area contributed by atoms with E-state index in [2.05, 4.69) is 72.2 Å². The summed E-state index contributed by atoms with van der Waals surface area (Å²) in [7, 11) is 1.96. The van der Waals surface area contributed by atoms with E-state index >= 15 is 0 Å². The first-order chi connectivity index (χ1) is 8.71. The van der Waals surface area contributed by atoms with Crippen molar-refractivity contribution in [1.29, 1.82) is 0 Å². The number of fused-ring (bicyclic) bond motifs is 1. The van der Waals surface area contributed by atoms with Gasteiger partial charge in [-0.3, -0.25) is 0 Å². The Kier molecular flexibility index (Phi) is 3.20. The third kappa shape index (κ3) is 2.10. The molecule has 2 aromatic carbocycles. The van der Waals surface area contributed by atoms with Crippen molar-refractivity contribution in [2.45, 2.75) is 11.0 Å². The van der Waals surface area contributed by atoms with E-state index in [1.54, 1.807) is 0 Å². The minimum absolute atomic E-state index is 0.246. The lowest BCUT2D eigenvalue weighted by Crippen LogP contribution is -2.07. The third-order valence-electron chi connectivity index (χ3n) is 3.49. The van der Waals surface area contributed by atoms with Gasteiger partial charge in [-0.1, -0.05) is 18.2 Å². The van der Waals surface area contributed by atoms with Gasteiger partial charge in [0, 0.05) is 24.2 Å². The molecule has 0 radical (unpaired) electrons. The van der Waals surface area contributed by atoms with Crippen molar-refractivity contribution in [3.05, 3.63) is 42.0 Å². The molecule has 0 unspecified atom stereocenters. The number of hydrogen-bond donors (Lipinski definition) is 1. The normalized spacial score (nSPS) is 18.1. The molecular formula is C15H17NS2. The van der Waals surface area contributed by atoms with Crippen LogP contribution < -0.4 is 5.32 Å². The van der Waals surface area contributed by atoms with Gasteiger partial charge in [0.2, 0.25) is 0 Å². The molecule has 1 heterocycles. The molecule has 0 aromatic heterocycles. The maximum atomic E-state index is 3.19. The molecule has 0 bridgehead atoms. The summed E-state index contributed by atoms with van der Waals surface area (Å²) < 4.78 is 0.246. The van der Waals surface area contributed by atoms with Gasteiger partial charge >= 0.3 is 0 Å². The molecule has 1 fully saturated rings. The lowest BCUT2D eigenvalue weighted by atomic mass is 10.0. The fourth-order valence-electron chi connectivity index (χ4n) is 2.36. The van der Waals surface area contributed by atoms with Crippen LogP contribution in [0.15, 0.2) is 36.4 Å². The first-order valence-corrected chi connectivity index (χ1v) is 8.18. The van der Waals surface area contributed by atoms with Crippen molar-refractivity contribution >= 4 is 40.0 Å². The van der Waals surface area contributed by atoms with Crippen LogP contribution in [0.5, 0.6) is 0 Å². The zero-order valence-corrected chi connectivity index (χ0v) is 12.3. The van der Waals surface area contributed by atoms with Gasteiger partial charge in [-0.2, -0.15) is 0 Å². The highest BCUT2D eigenvalue weighted by atomic mass is 32.2. The minimum Gasteiger partial charge on any atom is -0.388 e. The standard InChI is InChI=1S/C15H17NS2/c1-15(17-7-8-18-15)13-5-3-12-10-14(16-2)6-4-11(12)9-13/h3-6,9-10,16H,7-8H2,1-2H3. The Hall–Kier alpha value is -0.800. The molecular weight excluding hydrogens is 258 g/mol. The maximum absolute atomic E-state index is 3.19. The third-order valence-corrected chi connectivity index (χ3v) is 6.85. The average Bonchev–Trinajstić information content (AvgIpc) is 2.85. The molecule has 1 nitrogen and oxygen atoms in total. The summed E-state index contributed by atoms with van der Waals surface area (Å²) in [6, 6.07) is 13.4. The van der Waals surface area contributed by atoms with E-state index in [1.807, 2.05) is 7.05 Å². The average molecular weight is 275 g/mol.